The van der Waals surface area contributed by atoms with Gasteiger partial charge in [-0.05, 0) is 30.2 Å². The number of esters is 2. The molecule has 7 nitrogen and oxygen atoms in total. The number of hydrogen-bond acceptors (Lipinski definition) is 5. The lowest BCUT2D eigenvalue weighted by atomic mass is 9.94. The lowest BCUT2D eigenvalue weighted by molar-refractivity contribution is -0.136. The summed E-state index contributed by atoms with van der Waals surface area (Å²) in [5.41, 5.74) is 2.84. The van der Waals surface area contributed by atoms with Gasteiger partial charge in [0, 0.05) is 5.70 Å². The number of nitrogens with zero attached hydrogens (tertiary/aromatic N) is 1. The number of rotatable bonds is 5. The Balaban J connectivity index is 1.98. The molecule has 0 fully saturated rings. The maximum Gasteiger partial charge on any atom is 0.337 e. The molecular formula is C22H22N2O5. The first-order valence-corrected chi connectivity index (χ1v) is 9.05. The highest BCUT2D eigenvalue weighted by molar-refractivity contribution is 5.95. The van der Waals surface area contributed by atoms with E-state index in [1.165, 1.54) is 19.1 Å². The monoisotopic (exact) mass is 394 g/mol. The van der Waals surface area contributed by atoms with E-state index < -0.39 is 18.0 Å². The van der Waals surface area contributed by atoms with Crippen molar-refractivity contribution in [2.75, 3.05) is 14.2 Å². The van der Waals surface area contributed by atoms with Crippen LogP contribution >= 0.6 is 0 Å². The summed E-state index contributed by atoms with van der Waals surface area (Å²) in [7, 11) is 2.61. The Hall–Kier alpha value is -3.61. The van der Waals surface area contributed by atoms with E-state index in [1.807, 2.05) is 30.3 Å². The number of carbonyl (C=O) groups is 3. The number of urea groups is 1. The molecule has 0 spiro atoms. The molecule has 150 valence electrons. The number of methoxy groups -OCH3 is 2. The number of allylic oxidation sites excluding steroid dienone is 1. The molecular weight excluding hydrogens is 372 g/mol. The Morgan fingerprint density at radius 1 is 0.966 bits per heavy atom. The fourth-order valence-corrected chi connectivity index (χ4v) is 3.29. The summed E-state index contributed by atoms with van der Waals surface area (Å²) in [5, 5.41) is 2.87. The molecule has 0 unspecified atom stereocenters. The maximum absolute atomic E-state index is 12.8. The van der Waals surface area contributed by atoms with Crippen LogP contribution in [0.15, 0.2) is 65.9 Å². The van der Waals surface area contributed by atoms with Crippen molar-refractivity contribution in [1.29, 1.82) is 0 Å². The van der Waals surface area contributed by atoms with Crippen LogP contribution < -0.4 is 5.32 Å². The molecule has 1 atom stereocenters. The maximum atomic E-state index is 12.8. The van der Waals surface area contributed by atoms with Gasteiger partial charge in [0.2, 0.25) is 0 Å². The number of amides is 2. The summed E-state index contributed by atoms with van der Waals surface area (Å²) >= 11 is 0. The van der Waals surface area contributed by atoms with E-state index in [0.29, 0.717) is 28.9 Å². The summed E-state index contributed by atoms with van der Waals surface area (Å²) in [5.74, 6) is -0.985. The fourth-order valence-electron chi connectivity index (χ4n) is 3.29. The van der Waals surface area contributed by atoms with Crippen LogP contribution in [0.2, 0.25) is 0 Å². The van der Waals surface area contributed by atoms with Crippen molar-refractivity contribution >= 4 is 18.0 Å². The standard InChI is InChI=1S/C22H22N2O5/c1-14-18(21(26)29-3)19(16-9-11-17(12-10-16)20(25)28-2)23-22(27)24(14)13-15-7-5-4-6-8-15/h4-12,19H,13H2,1-3H3,(H,23,27)/t19-/m0/s1. The first-order valence-electron chi connectivity index (χ1n) is 9.05. The molecule has 0 aliphatic carbocycles. The van der Waals surface area contributed by atoms with E-state index in [4.69, 9.17) is 9.47 Å². The molecule has 0 saturated heterocycles. The molecule has 0 saturated carbocycles. The number of hydrogen-bond donors (Lipinski definition) is 1. The first-order chi connectivity index (χ1) is 14.0. The third-order valence-corrected chi connectivity index (χ3v) is 4.85. The van der Waals surface area contributed by atoms with Crippen molar-refractivity contribution in [2.24, 2.45) is 0 Å². The van der Waals surface area contributed by atoms with Gasteiger partial charge in [-0.25, -0.2) is 14.4 Å². The van der Waals surface area contributed by atoms with Gasteiger partial charge in [0.25, 0.3) is 0 Å². The Kier molecular flexibility index (Phi) is 5.97. The molecule has 0 bridgehead atoms. The van der Waals surface area contributed by atoms with Crippen molar-refractivity contribution < 1.29 is 23.9 Å². The fraction of sp³-hybridized carbons (Fsp3) is 0.227. The normalized spacial score (nSPS) is 16.3. The summed E-state index contributed by atoms with van der Waals surface area (Å²) in [6, 6.07) is 15.0. The van der Waals surface area contributed by atoms with Crippen molar-refractivity contribution in [3.8, 4) is 0 Å². The molecule has 2 aromatic carbocycles. The quantitative estimate of drug-likeness (QED) is 0.788. The van der Waals surface area contributed by atoms with Gasteiger partial charge in [0.15, 0.2) is 0 Å². The van der Waals surface area contributed by atoms with Gasteiger partial charge in [-0.1, -0.05) is 42.5 Å². The topological polar surface area (TPSA) is 84.9 Å². The molecule has 3 rings (SSSR count). The van der Waals surface area contributed by atoms with Crippen LogP contribution in [0.25, 0.3) is 0 Å². The second-order valence-corrected chi connectivity index (χ2v) is 6.56. The van der Waals surface area contributed by atoms with Crippen molar-refractivity contribution in [2.45, 2.75) is 19.5 Å². The Morgan fingerprint density at radius 3 is 2.17 bits per heavy atom. The Labute approximate surface area is 168 Å². The van der Waals surface area contributed by atoms with Gasteiger partial charge < -0.3 is 14.8 Å². The van der Waals surface area contributed by atoms with E-state index >= 15 is 0 Å². The number of carbonyl (C=O) groups excluding carboxylic acids is 3. The van der Waals surface area contributed by atoms with Crippen LogP contribution in [0.1, 0.15) is 34.5 Å². The number of benzene rings is 2. The average Bonchev–Trinajstić information content (AvgIpc) is 2.76. The first kappa shape index (κ1) is 20.1. The number of ether oxygens (including phenoxy) is 2. The summed E-state index contributed by atoms with van der Waals surface area (Å²) in [6.07, 6.45) is 0. The molecule has 2 amide bonds. The minimum Gasteiger partial charge on any atom is -0.466 e. The van der Waals surface area contributed by atoms with E-state index in [2.05, 4.69) is 5.32 Å². The molecule has 0 radical (unpaired) electrons. The van der Waals surface area contributed by atoms with E-state index in [9.17, 15) is 14.4 Å². The lowest BCUT2D eigenvalue weighted by Crippen LogP contribution is -2.47. The largest absolute Gasteiger partial charge is 0.466 e. The molecule has 29 heavy (non-hydrogen) atoms. The van der Waals surface area contributed by atoms with Crippen LogP contribution in [0.3, 0.4) is 0 Å². The second kappa shape index (κ2) is 8.60. The molecule has 1 heterocycles. The van der Waals surface area contributed by atoms with Gasteiger partial charge in [0.1, 0.15) is 0 Å². The zero-order valence-corrected chi connectivity index (χ0v) is 16.5. The average molecular weight is 394 g/mol. The zero-order valence-electron chi connectivity index (χ0n) is 16.5. The molecule has 2 aromatic rings. The van der Waals surface area contributed by atoms with Gasteiger partial charge in [0.05, 0.1) is 37.9 Å². The SMILES string of the molecule is COC(=O)C1=C(C)N(Cc2ccccc2)C(=O)N[C@H]1c1ccc(C(=O)OC)cc1. The van der Waals surface area contributed by atoms with Crippen molar-refractivity contribution in [3.05, 3.63) is 82.6 Å². The van der Waals surface area contributed by atoms with Crippen LogP contribution in [0.4, 0.5) is 4.79 Å². The van der Waals surface area contributed by atoms with Crippen LogP contribution in [0.5, 0.6) is 0 Å². The summed E-state index contributed by atoms with van der Waals surface area (Å²) < 4.78 is 9.68. The van der Waals surface area contributed by atoms with E-state index in [0.717, 1.165) is 5.56 Å². The summed E-state index contributed by atoms with van der Waals surface area (Å²) in [4.78, 5) is 38.6. The number of nitrogens with one attached hydrogen (secondary N) is 1. The van der Waals surface area contributed by atoms with Crippen LogP contribution in [-0.4, -0.2) is 37.1 Å². The third kappa shape index (κ3) is 4.13. The van der Waals surface area contributed by atoms with E-state index in [1.54, 1.807) is 31.2 Å². The highest BCUT2D eigenvalue weighted by Gasteiger charge is 2.36. The van der Waals surface area contributed by atoms with E-state index in [-0.39, 0.29) is 6.03 Å². The van der Waals surface area contributed by atoms with Gasteiger partial charge in [-0.3, -0.25) is 4.90 Å². The third-order valence-electron chi connectivity index (χ3n) is 4.85. The zero-order chi connectivity index (χ0) is 21.0. The Bertz CT molecular complexity index is 951. The second-order valence-electron chi connectivity index (χ2n) is 6.56. The van der Waals surface area contributed by atoms with Crippen molar-refractivity contribution in [3.63, 3.8) is 0 Å². The lowest BCUT2D eigenvalue weighted by Gasteiger charge is -2.35. The highest BCUT2D eigenvalue weighted by Crippen LogP contribution is 2.32. The van der Waals surface area contributed by atoms with Gasteiger partial charge in [-0.2, -0.15) is 0 Å². The van der Waals surface area contributed by atoms with Crippen LogP contribution in [0, 0.1) is 0 Å². The molecule has 1 N–H and O–H groups in total. The minimum atomic E-state index is -0.686. The van der Waals surface area contributed by atoms with Crippen LogP contribution in [-0.2, 0) is 20.8 Å². The smallest absolute Gasteiger partial charge is 0.337 e. The Morgan fingerprint density at radius 2 is 1.59 bits per heavy atom. The summed E-state index contributed by atoms with van der Waals surface area (Å²) in [6.45, 7) is 2.05. The van der Waals surface area contributed by atoms with Gasteiger partial charge in [-0.15, -0.1) is 0 Å². The molecule has 1 aliphatic rings. The molecule has 1 aliphatic heterocycles. The predicted octanol–water partition coefficient (Wildman–Crippen LogP) is 3.19. The predicted molar refractivity (Wildman–Crippen MR) is 106 cm³/mol. The minimum absolute atomic E-state index is 0.318. The highest BCUT2D eigenvalue weighted by atomic mass is 16.5. The van der Waals surface area contributed by atoms with Crippen molar-refractivity contribution in [1.82, 2.24) is 10.2 Å². The molecule has 0 aromatic heterocycles. The van der Waals surface area contributed by atoms with Gasteiger partial charge >= 0.3 is 18.0 Å². The molecule has 7 heteroatoms.